The lowest BCUT2D eigenvalue weighted by atomic mass is 9.47. The standard InChI is InChI=1S/C28H39NO/c1-18-17-23-21-11-12-24-27(3,16-14-25(30)29(24)5)22(21)13-15-28(23,4)26(18)19(2)20-9-7-6-8-10-20/h6-10,18,21-24H,11-17H2,1-5H3/t18?,21-,22+,23+,24-,27-,28+/m1/s1. The highest BCUT2D eigenvalue weighted by atomic mass is 16.2. The molecule has 162 valence electrons. The van der Waals surface area contributed by atoms with E-state index in [-0.39, 0.29) is 0 Å². The fourth-order valence-corrected chi connectivity index (χ4v) is 8.94. The number of piperidine rings is 1. The third kappa shape index (κ3) is 2.71. The van der Waals surface area contributed by atoms with E-state index in [0.717, 1.165) is 30.6 Å². The lowest BCUT2D eigenvalue weighted by molar-refractivity contribution is -0.156. The van der Waals surface area contributed by atoms with Crippen LogP contribution in [0.2, 0.25) is 0 Å². The van der Waals surface area contributed by atoms with Crippen molar-refractivity contribution >= 4 is 11.5 Å². The number of allylic oxidation sites excluding steroid dienone is 2. The van der Waals surface area contributed by atoms with Crippen LogP contribution in [0.4, 0.5) is 0 Å². The van der Waals surface area contributed by atoms with Crippen molar-refractivity contribution < 1.29 is 4.79 Å². The Kier molecular flexibility index (Phi) is 4.73. The Morgan fingerprint density at radius 2 is 1.77 bits per heavy atom. The lowest BCUT2D eigenvalue weighted by Gasteiger charge is -2.61. The molecule has 0 bridgehead atoms. The van der Waals surface area contributed by atoms with Gasteiger partial charge in [-0.1, -0.05) is 56.7 Å². The van der Waals surface area contributed by atoms with E-state index in [9.17, 15) is 4.79 Å². The van der Waals surface area contributed by atoms with Crippen LogP contribution < -0.4 is 0 Å². The molecule has 1 saturated heterocycles. The maximum atomic E-state index is 12.4. The van der Waals surface area contributed by atoms with Crippen molar-refractivity contribution in [2.75, 3.05) is 7.05 Å². The van der Waals surface area contributed by atoms with Crippen LogP contribution in [0.25, 0.3) is 5.57 Å². The summed E-state index contributed by atoms with van der Waals surface area (Å²) in [5, 5.41) is 0. The molecule has 0 aromatic heterocycles. The third-order valence-electron chi connectivity index (χ3n) is 10.3. The van der Waals surface area contributed by atoms with Gasteiger partial charge in [0.15, 0.2) is 0 Å². The van der Waals surface area contributed by atoms with Gasteiger partial charge in [-0.2, -0.15) is 0 Å². The molecule has 1 amide bonds. The molecule has 0 N–H and O–H groups in total. The van der Waals surface area contributed by atoms with Crippen LogP contribution in [0.3, 0.4) is 0 Å². The van der Waals surface area contributed by atoms with Crippen molar-refractivity contribution in [3.8, 4) is 0 Å². The number of likely N-dealkylation sites (tertiary alicyclic amines) is 1. The van der Waals surface area contributed by atoms with Gasteiger partial charge >= 0.3 is 0 Å². The molecule has 30 heavy (non-hydrogen) atoms. The second-order valence-corrected chi connectivity index (χ2v) is 11.5. The Hall–Kier alpha value is -1.57. The number of hydrogen-bond donors (Lipinski definition) is 0. The zero-order chi connectivity index (χ0) is 21.3. The summed E-state index contributed by atoms with van der Waals surface area (Å²) in [7, 11) is 2.07. The van der Waals surface area contributed by atoms with Crippen molar-refractivity contribution in [2.24, 2.45) is 34.5 Å². The number of rotatable bonds is 1. The van der Waals surface area contributed by atoms with Crippen LogP contribution in [0.15, 0.2) is 35.9 Å². The molecule has 1 aliphatic heterocycles. The number of fused-ring (bicyclic) bond motifs is 5. The van der Waals surface area contributed by atoms with Crippen LogP contribution >= 0.6 is 0 Å². The first-order chi connectivity index (χ1) is 14.3. The van der Waals surface area contributed by atoms with Gasteiger partial charge in [0, 0.05) is 19.5 Å². The summed E-state index contributed by atoms with van der Waals surface area (Å²) in [6.45, 7) is 10.00. The van der Waals surface area contributed by atoms with Crippen LogP contribution in [-0.2, 0) is 4.79 Å². The van der Waals surface area contributed by atoms with Crippen molar-refractivity contribution in [1.29, 1.82) is 0 Å². The summed E-state index contributed by atoms with van der Waals surface area (Å²) in [5.74, 6) is 3.47. The van der Waals surface area contributed by atoms with E-state index in [4.69, 9.17) is 0 Å². The maximum absolute atomic E-state index is 12.4. The predicted molar refractivity (Wildman–Crippen MR) is 124 cm³/mol. The van der Waals surface area contributed by atoms with Crippen LogP contribution in [-0.4, -0.2) is 23.9 Å². The van der Waals surface area contributed by atoms with Crippen molar-refractivity contribution in [2.45, 2.75) is 78.7 Å². The average molecular weight is 406 g/mol. The molecule has 7 atom stereocenters. The van der Waals surface area contributed by atoms with E-state index >= 15 is 0 Å². The SMILES string of the molecule is CC(=C1C(C)C[C@H]2[C@@H]3CC[C@H]4N(C)C(=O)CC[C@]4(C)[C@H]3CC[C@]12C)c1ccccc1. The number of hydrogen-bond acceptors (Lipinski definition) is 1. The van der Waals surface area contributed by atoms with Gasteiger partial charge in [-0.15, -0.1) is 0 Å². The fraction of sp³-hybridized carbons (Fsp3) is 0.679. The van der Waals surface area contributed by atoms with Gasteiger partial charge < -0.3 is 4.90 Å². The van der Waals surface area contributed by atoms with Gasteiger partial charge in [0.25, 0.3) is 0 Å². The molecule has 2 nitrogen and oxygen atoms in total. The largest absolute Gasteiger partial charge is 0.342 e. The monoisotopic (exact) mass is 405 g/mol. The Labute approximate surface area is 183 Å². The van der Waals surface area contributed by atoms with E-state index in [0.29, 0.717) is 28.7 Å². The summed E-state index contributed by atoms with van der Waals surface area (Å²) in [6, 6.07) is 11.5. The smallest absolute Gasteiger partial charge is 0.222 e. The second kappa shape index (κ2) is 6.97. The van der Waals surface area contributed by atoms with Crippen molar-refractivity contribution in [3.63, 3.8) is 0 Å². The molecule has 0 radical (unpaired) electrons. The number of amides is 1. The average Bonchev–Trinajstić information content (AvgIpc) is 3.01. The summed E-state index contributed by atoms with van der Waals surface area (Å²) in [6.07, 6.45) is 8.39. The van der Waals surface area contributed by atoms with Gasteiger partial charge in [0.2, 0.25) is 5.91 Å². The summed E-state index contributed by atoms with van der Waals surface area (Å²) in [4.78, 5) is 14.5. The van der Waals surface area contributed by atoms with Crippen molar-refractivity contribution in [1.82, 2.24) is 4.90 Å². The molecule has 4 aliphatic rings. The van der Waals surface area contributed by atoms with Crippen LogP contribution in [0, 0.1) is 34.5 Å². The van der Waals surface area contributed by atoms with Gasteiger partial charge in [0.05, 0.1) is 0 Å². The molecular weight excluding hydrogens is 366 g/mol. The molecule has 1 aromatic carbocycles. The molecule has 1 heterocycles. The minimum Gasteiger partial charge on any atom is -0.342 e. The topological polar surface area (TPSA) is 20.3 Å². The number of carbonyl (C=O) groups is 1. The highest BCUT2D eigenvalue weighted by Gasteiger charge is 2.61. The fourth-order valence-electron chi connectivity index (χ4n) is 8.94. The Morgan fingerprint density at radius 3 is 2.50 bits per heavy atom. The minimum absolute atomic E-state index is 0.317. The summed E-state index contributed by atoms with van der Waals surface area (Å²) in [5.41, 5.74) is 5.36. The minimum atomic E-state index is 0.317. The van der Waals surface area contributed by atoms with Gasteiger partial charge in [-0.05, 0) is 91.1 Å². The molecule has 3 saturated carbocycles. The Balaban J connectivity index is 1.51. The summed E-state index contributed by atoms with van der Waals surface area (Å²) >= 11 is 0. The first kappa shape index (κ1) is 20.3. The molecule has 3 aliphatic carbocycles. The third-order valence-corrected chi connectivity index (χ3v) is 10.3. The number of nitrogens with zero attached hydrogens (tertiary/aromatic N) is 1. The molecule has 1 aromatic rings. The van der Waals surface area contributed by atoms with Crippen molar-refractivity contribution in [3.05, 3.63) is 41.5 Å². The molecule has 1 unspecified atom stereocenters. The van der Waals surface area contributed by atoms with E-state index in [1.54, 1.807) is 5.57 Å². The van der Waals surface area contributed by atoms with E-state index < -0.39 is 0 Å². The van der Waals surface area contributed by atoms with E-state index in [2.05, 4.69) is 70.0 Å². The molecule has 5 rings (SSSR count). The van der Waals surface area contributed by atoms with E-state index in [1.165, 1.54) is 43.2 Å². The predicted octanol–water partition coefficient (Wildman–Crippen LogP) is 6.57. The molecular formula is C28H39NO. The first-order valence-corrected chi connectivity index (χ1v) is 12.3. The van der Waals surface area contributed by atoms with Gasteiger partial charge in [0.1, 0.15) is 0 Å². The van der Waals surface area contributed by atoms with Gasteiger partial charge in [-0.25, -0.2) is 0 Å². The number of carbonyl (C=O) groups excluding carboxylic acids is 1. The lowest BCUT2D eigenvalue weighted by Crippen LogP contribution is -2.61. The van der Waals surface area contributed by atoms with Crippen LogP contribution in [0.1, 0.15) is 78.2 Å². The normalized spacial score (nSPS) is 44.9. The second-order valence-electron chi connectivity index (χ2n) is 11.5. The van der Waals surface area contributed by atoms with Crippen LogP contribution in [0.5, 0.6) is 0 Å². The molecule has 0 spiro atoms. The van der Waals surface area contributed by atoms with E-state index in [1.807, 2.05) is 0 Å². The molecule has 4 fully saturated rings. The summed E-state index contributed by atoms with van der Waals surface area (Å²) < 4.78 is 0. The maximum Gasteiger partial charge on any atom is 0.222 e. The number of benzene rings is 1. The Bertz CT molecular complexity index is 872. The first-order valence-electron chi connectivity index (χ1n) is 12.3. The highest BCUT2D eigenvalue weighted by Crippen LogP contribution is 2.67. The van der Waals surface area contributed by atoms with Gasteiger partial charge in [-0.3, -0.25) is 4.79 Å². The zero-order valence-electron chi connectivity index (χ0n) is 19.6. The quantitative estimate of drug-likeness (QED) is 0.517. The zero-order valence-corrected chi connectivity index (χ0v) is 19.6. The Morgan fingerprint density at radius 1 is 1.03 bits per heavy atom. The molecule has 2 heteroatoms. The highest BCUT2D eigenvalue weighted by molar-refractivity contribution is 5.77.